The minimum absolute atomic E-state index is 0.00436. The van der Waals surface area contributed by atoms with Crippen LogP contribution in [0, 0.1) is 6.92 Å². The zero-order chi connectivity index (χ0) is 20.4. The van der Waals surface area contributed by atoms with Gasteiger partial charge in [-0.25, -0.2) is 4.98 Å². The molecule has 0 saturated heterocycles. The van der Waals surface area contributed by atoms with Crippen LogP contribution >= 0.6 is 11.8 Å². The summed E-state index contributed by atoms with van der Waals surface area (Å²) in [4.78, 5) is 4.26. The monoisotopic (exact) mass is 407 g/mol. The predicted octanol–water partition coefficient (Wildman–Crippen LogP) is 5.06. The third-order valence-electron chi connectivity index (χ3n) is 4.80. The van der Waals surface area contributed by atoms with Crippen molar-refractivity contribution in [1.29, 1.82) is 0 Å². The van der Waals surface area contributed by atoms with Gasteiger partial charge in [-0.05, 0) is 58.5 Å². The first-order valence-electron chi connectivity index (χ1n) is 9.47. The molecule has 0 unspecified atom stereocenters. The van der Waals surface area contributed by atoms with Crippen LogP contribution in [-0.4, -0.2) is 21.1 Å². The van der Waals surface area contributed by atoms with Gasteiger partial charge in [-0.2, -0.15) is 0 Å². The molecule has 6 heteroatoms. The van der Waals surface area contributed by atoms with E-state index >= 15 is 0 Å². The highest BCUT2D eigenvalue weighted by Crippen LogP contribution is 2.39. The summed E-state index contributed by atoms with van der Waals surface area (Å²) < 4.78 is 7.39. The van der Waals surface area contributed by atoms with Gasteiger partial charge >= 0.3 is 5.65 Å². The topological polar surface area (TPSA) is 69.4 Å². The van der Waals surface area contributed by atoms with Crippen LogP contribution < -0.4 is 9.47 Å². The zero-order valence-electron chi connectivity index (χ0n) is 16.3. The second-order valence-corrected chi connectivity index (χ2v) is 8.08. The van der Waals surface area contributed by atoms with Crippen LogP contribution in [0.1, 0.15) is 18.2 Å². The number of pyridine rings is 1. The lowest BCUT2D eigenvalue weighted by molar-refractivity contribution is -0.889. The molecule has 0 aliphatic rings. The van der Waals surface area contributed by atoms with Crippen molar-refractivity contribution >= 4 is 22.8 Å². The van der Waals surface area contributed by atoms with Crippen molar-refractivity contribution in [3.8, 4) is 22.6 Å². The van der Waals surface area contributed by atoms with Crippen LogP contribution in [0.4, 0.5) is 0 Å². The van der Waals surface area contributed by atoms with E-state index in [-0.39, 0.29) is 6.61 Å². The summed E-state index contributed by atoms with van der Waals surface area (Å²) in [6.07, 6.45) is 1.82. The van der Waals surface area contributed by atoms with Crippen molar-refractivity contribution in [2.45, 2.75) is 25.3 Å². The molecule has 0 saturated carbocycles. The van der Waals surface area contributed by atoms with E-state index in [0.717, 1.165) is 48.9 Å². The molecule has 148 valence electrons. The number of aliphatic hydroxyl groups excluding tert-OH is 1. The number of aryl methyl sites for hydroxylation is 1. The van der Waals surface area contributed by atoms with Crippen LogP contribution in [-0.2, 0) is 6.61 Å². The number of hydrogen-bond donors (Lipinski definition) is 3. The average molecular weight is 408 g/mol. The van der Waals surface area contributed by atoms with Gasteiger partial charge in [0.15, 0.2) is 0 Å². The molecule has 0 aliphatic heterocycles. The highest BCUT2D eigenvalue weighted by molar-refractivity contribution is 7.99. The number of aromatic nitrogens is 2. The summed E-state index contributed by atoms with van der Waals surface area (Å²) in [6, 6.07) is 17.5. The Morgan fingerprint density at radius 1 is 1.03 bits per heavy atom. The molecule has 29 heavy (non-hydrogen) atoms. The summed E-state index contributed by atoms with van der Waals surface area (Å²) in [5, 5.41) is 20.5. The molecule has 2 aromatic carbocycles. The second kappa shape index (κ2) is 8.19. The predicted molar refractivity (Wildman–Crippen MR) is 115 cm³/mol. The van der Waals surface area contributed by atoms with E-state index in [9.17, 15) is 10.3 Å². The Morgan fingerprint density at radius 3 is 2.55 bits per heavy atom. The van der Waals surface area contributed by atoms with E-state index < -0.39 is 0 Å². The van der Waals surface area contributed by atoms with Crippen LogP contribution in [0.15, 0.2) is 65.7 Å². The number of aromatic amines is 1. The number of nitrogens with zero attached hydrogens (tertiary/aromatic N) is 1. The first-order valence-corrected chi connectivity index (χ1v) is 10.5. The van der Waals surface area contributed by atoms with Gasteiger partial charge in [0.25, 0.3) is 0 Å². The standard InChI is InChI=1S/C23H22N2O3S/c1-3-29-18-8-9-22(28-17-6-4-16(14-26)5-7-17)21(13-18)20-12-15(2)25(27)23-19(20)10-11-24-23/h4-13,26-27H,3,14H2,1-2H3/p+1. The lowest BCUT2D eigenvalue weighted by atomic mass is 10.0. The molecule has 0 fully saturated rings. The zero-order valence-corrected chi connectivity index (χ0v) is 17.2. The Kier molecular flexibility index (Phi) is 5.47. The van der Waals surface area contributed by atoms with Crippen LogP contribution in [0.25, 0.3) is 22.2 Å². The fraction of sp³-hybridized carbons (Fsp3) is 0.174. The van der Waals surface area contributed by atoms with Crippen molar-refractivity contribution in [3.05, 3.63) is 72.1 Å². The number of hydrogen-bond acceptors (Lipinski definition) is 4. The van der Waals surface area contributed by atoms with Crippen molar-refractivity contribution in [1.82, 2.24) is 4.98 Å². The molecule has 0 amide bonds. The van der Waals surface area contributed by atoms with Crippen LogP contribution in [0.5, 0.6) is 11.5 Å². The van der Waals surface area contributed by atoms with E-state index in [1.165, 1.54) is 0 Å². The van der Waals surface area contributed by atoms with Gasteiger partial charge in [0.1, 0.15) is 17.2 Å². The largest absolute Gasteiger partial charge is 0.457 e. The highest BCUT2D eigenvalue weighted by atomic mass is 32.2. The van der Waals surface area contributed by atoms with E-state index in [4.69, 9.17) is 4.74 Å². The van der Waals surface area contributed by atoms with Crippen molar-refractivity contribution in [2.75, 3.05) is 5.75 Å². The first-order chi connectivity index (χ1) is 14.1. The van der Waals surface area contributed by atoms with Gasteiger partial charge in [0.05, 0.1) is 18.2 Å². The second-order valence-electron chi connectivity index (χ2n) is 6.75. The Labute approximate surface area is 173 Å². The van der Waals surface area contributed by atoms with E-state index in [2.05, 4.69) is 24.0 Å². The fourth-order valence-corrected chi connectivity index (χ4v) is 4.05. The van der Waals surface area contributed by atoms with Gasteiger partial charge in [-0.3, -0.25) is 0 Å². The number of nitrogens with one attached hydrogen (secondary N) is 1. The van der Waals surface area contributed by atoms with Gasteiger partial charge in [0.2, 0.25) is 0 Å². The lowest BCUT2D eigenvalue weighted by Crippen LogP contribution is -2.34. The minimum Gasteiger partial charge on any atom is -0.457 e. The van der Waals surface area contributed by atoms with Crippen LogP contribution in [0.2, 0.25) is 0 Å². The van der Waals surface area contributed by atoms with Gasteiger partial charge in [0, 0.05) is 22.9 Å². The molecular formula is C23H23N2O3S+. The third kappa shape index (κ3) is 3.81. The Morgan fingerprint density at radius 2 is 1.83 bits per heavy atom. The molecule has 0 radical (unpaired) electrons. The quantitative estimate of drug-likeness (QED) is 0.237. The van der Waals surface area contributed by atoms with Crippen molar-refractivity contribution in [2.24, 2.45) is 0 Å². The molecule has 0 aliphatic carbocycles. The summed E-state index contributed by atoms with van der Waals surface area (Å²) in [6.45, 7) is 4.00. The maximum atomic E-state index is 10.3. The average Bonchev–Trinajstić information content (AvgIpc) is 3.23. The normalized spacial score (nSPS) is 11.1. The third-order valence-corrected chi connectivity index (χ3v) is 5.68. The molecule has 3 N–H and O–H groups in total. The summed E-state index contributed by atoms with van der Waals surface area (Å²) in [5.41, 5.74) is 4.16. The smallest absolute Gasteiger partial charge is 0.326 e. The number of fused-ring (bicyclic) bond motifs is 1. The number of rotatable bonds is 6. The molecule has 0 bridgehead atoms. The molecule has 2 heterocycles. The summed E-state index contributed by atoms with van der Waals surface area (Å²) >= 11 is 1.77. The molecule has 2 aromatic heterocycles. The van der Waals surface area contributed by atoms with Gasteiger partial charge in [-0.1, -0.05) is 19.1 Å². The lowest BCUT2D eigenvalue weighted by Gasteiger charge is -2.14. The molecule has 0 atom stereocenters. The van der Waals surface area contributed by atoms with E-state index in [1.807, 2.05) is 55.6 Å². The maximum Gasteiger partial charge on any atom is 0.326 e. The van der Waals surface area contributed by atoms with Crippen LogP contribution in [0.3, 0.4) is 0 Å². The number of ether oxygens (including phenoxy) is 1. The summed E-state index contributed by atoms with van der Waals surface area (Å²) in [5.74, 6) is 2.42. The minimum atomic E-state index is 0.00436. The van der Waals surface area contributed by atoms with Gasteiger partial charge < -0.3 is 15.1 Å². The Balaban J connectivity index is 1.85. The molecule has 4 rings (SSSR count). The fourth-order valence-electron chi connectivity index (χ4n) is 3.36. The molecule has 0 spiro atoms. The highest BCUT2D eigenvalue weighted by Gasteiger charge is 2.20. The number of thioether (sulfide) groups is 1. The summed E-state index contributed by atoms with van der Waals surface area (Å²) in [7, 11) is 0. The number of benzene rings is 2. The van der Waals surface area contributed by atoms with Crippen molar-refractivity contribution < 1.29 is 19.8 Å². The van der Waals surface area contributed by atoms with E-state index in [1.54, 1.807) is 11.8 Å². The van der Waals surface area contributed by atoms with Crippen molar-refractivity contribution in [3.63, 3.8) is 0 Å². The Hall–Kier alpha value is -2.96. The number of H-pyrrole nitrogens is 1. The molecule has 5 nitrogen and oxygen atoms in total. The maximum absolute atomic E-state index is 10.3. The SMILES string of the molecule is CCSc1ccc(Oc2ccc(CO)cc2)c(-c2cc(C)[n+](O)c3[nH]ccc23)c1. The molecule has 4 aromatic rings. The van der Waals surface area contributed by atoms with E-state index in [0.29, 0.717) is 11.4 Å². The Bertz CT molecular complexity index is 1150. The number of aliphatic hydroxyl groups is 1. The molecular weight excluding hydrogens is 384 g/mol. The first kappa shape index (κ1) is 19.4. The van der Waals surface area contributed by atoms with Gasteiger partial charge in [-0.15, -0.1) is 11.8 Å².